The van der Waals surface area contributed by atoms with Gasteiger partial charge < -0.3 is 15.0 Å². The molecule has 5 nitrogen and oxygen atoms in total. The van der Waals surface area contributed by atoms with Gasteiger partial charge in [-0.1, -0.05) is 18.6 Å². The van der Waals surface area contributed by atoms with E-state index in [9.17, 15) is 4.79 Å². The second-order valence-corrected chi connectivity index (χ2v) is 7.22. The van der Waals surface area contributed by atoms with Crippen LogP contribution in [0.15, 0.2) is 24.5 Å². The standard InChI is InChI=1S/C20H29N3O2/c1-15(21-2)5-3-6-16-11-19(13-22-12-16)25-18-9-10-23(14-18)20(24)17-7-4-8-17/h3,6,11-13,15,17-18,21H,4-5,7-10,14H2,1-2H3/t15-,18+/m0/s1. The number of ether oxygens (including phenoxy) is 1. The van der Waals surface area contributed by atoms with Crippen LogP contribution in [0.3, 0.4) is 0 Å². The van der Waals surface area contributed by atoms with E-state index in [0.29, 0.717) is 18.5 Å². The number of hydrogen-bond donors (Lipinski definition) is 1. The highest BCUT2D eigenvalue weighted by Crippen LogP contribution is 2.30. The van der Waals surface area contributed by atoms with Crippen molar-refractivity contribution in [2.75, 3.05) is 20.1 Å². The third kappa shape index (κ3) is 4.82. The van der Waals surface area contributed by atoms with Crippen LogP contribution in [0, 0.1) is 5.92 Å². The monoisotopic (exact) mass is 343 g/mol. The van der Waals surface area contributed by atoms with Gasteiger partial charge in [0.25, 0.3) is 0 Å². The highest BCUT2D eigenvalue weighted by atomic mass is 16.5. The molecule has 136 valence electrons. The second-order valence-electron chi connectivity index (χ2n) is 7.22. The van der Waals surface area contributed by atoms with Crippen molar-refractivity contribution in [3.8, 4) is 5.75 Å². The zero-order chi connectivity index (χ0) is 17.6. The lowest BCUT2D eigenvalue weighted by molar-refractivity contribution is -0.137. The number of nitrogens with one attached hydrogen (secondary N) is 1. The molecule has 1 aliphatic carbocycles. The molecule has 1 saturated carbocycles. The maximum absolute atomic E-state index is 12.3. The molecule has 1 aromatic heterocycles. The summed E-state index contributed by atoms with van der Waals surface area (Å²) in [6, 6.07) is 2.48. The van der Waals surface area contributed by atoms with Crippen LogP contribution in [-0.2, 0) is 4.79 Å². The second kappa shape index (κ2) is 8.48. The highest BCUT2D eigenvalue weighted by Gasteiger charge is 2.34. The molecule has 2 aliphatic rings. The molecule has 1 N–H and O–H groups in total. The molecule has 25 heavy (non-hydrogen) atoms. The van der Waals surface area contributed by atoms with Crippen LogP contribution in [0.25, 0.3) is 6.08 Å². The molecular weight excluding hydrogens is 314 g/mol. The van der Waals surface area contributed by atoms with Crippen LogP contribution >= 0.6 is 0 Å². The van der Waals surface area contributed by atoms with Crippen molar-refractivity contribution in [3.63, 3.8) is 0 Å². The molecule has 1 aromatic rings. The van der Waals surface area contributed by atoms with E-state index in [1.54, 1.807) is 6.20 Å². The van der Waals surface area contributed by atoms with Gasteiger partial charge in [0.05, 0.1) is 12.7 Å². The summed E-state index contributed by atoms with van der Waals surface area (Å²) in [5.41, 5.74) is 1.04. The topological polar surface area (TPSA) is 54.5 Å². The Balaban J connectivity index is 1.51. The molecule has 0 bridgehead atoms. The van der Waals surface area contributed by atoms with Crippen molar-refractivity contribution < 1.29 is 9.53 Å². The summed E-state index contributed by atoms with van der Waals surface area (Å²) < 4.78 is 6.07. The number of rotatable bonds is 7. The number of carbonyl (C=O) groups excluding carboxylic acids is 1. The molecule has 1 amide bonds. The fourth-order valence-electron chi connectivity index (χ4n) is 3.25. The van der Waals surface area contributed by atoms with Crippen molar-refractivity contribution in [1.29, 1.82) is 0 Å². The van der Waals surface area contributed by atoms with Gasteiger partial charge >= 0.3 is 0 Å². The number of carbonyl (C=O) groups is 1. The molecule has 1 aliphatic heterocycles. The van der Waals surface area contributed by atoms with Crippen molar-refractivity contribution in [3.05, 3.63) is 30.1 Å². The maximum atomic E-state index is 12.3. The molecular formula is C20H29N3O2. The van der Waals surface area contributed by atoms with Gasteiger partial charge in [0.2, 0.25) is 5.91 Å². The Kier molecular flexibility index (Phi) is 6.08. The maximum Gasteiger partial charge on any atom is 0.225 e. The number of pyridine rings is 1. The number of nitrogens with zero attached hydrogens (tertiary/aromatic N) is 2. The zero-order valence-corrected chi connectivity index (χ0v) is 15.3. The van der Waals surface area contributed by atoms with E-state index >= 15 is 0 Å². The lowest BCUT2D eigenvalue weighted by Gasteiger charge is -2.29. The van der Waals surface area contributed by atoms with Gasteiger partial charge in [0.1, 0.15) is 11.9 Å². The van der Waals surface area contributed by atoms with Crippen molar-refractivity contribution in [1.82, 2.24) is 15.2 Å². The Labute approximate surface area is 150 Å². The summed E-state index contributed by atoms with van der Waals surface area (Å²) >= 11 is 0. The molecule has 5 heteroatoms. The lowest BCUT2D eigenvalue weighted by Crippen LogP contribution is -2.38. The lowest BCUT2D eigenvalue weighted by atomic mass is 9.84. The van der Waals surface area contributed by atoms with Gasteiger partial charge in [0, 0.05) is 31.1 Å². The van der Waals surface area contributed by atoms with E-state index in [2.05, 4.69) is 29.4 Å². The molecule has 0 aromatic carbocycles. The third-order valence-corrected chi connectivity index (χ3v) is 5.24. The van der Waals surface area contributed by atoms with Crippen LogP contribution in [0.4, 0.5) is 0 Å². The first-order valence-corrected chi connectivity index (χ1v) is 9.40. The Morgan fingerprint density at radius 2 is 2.28 bits per heavy atom. The van der Waals surface area contributed by atoms with Gasteiger partial charge in [-0.05, 0) is 44.9 Å². The minimum absolute atomic E-state index is 0.0781. The summed E-state index contributed by atoms with van der Waals surface area (Å²) in [5.74, 6) is 1.38. The van der Waals surface area contributed by atoms with Gasteiger partial charge in [-0.25, -0.2) is 0 Å². The molecule has 2 fully saturated rings. The van der Waals surface area contributed by atoms with Crippen molar-refractivity contribution in [2.45, 2.75) is 51.2 Å². The van der Waals surface area contributed by atoms with Gasteiger partial charge in [0.15, 0.2) is 0 Å². The third-order valence-electron chi connectivity index (χ3n) is 5.24. The van der Waals surface area contributed by atoms with Gasteiger partial charge in [-0.15, -0.1) is 0 Å². The first kappa shape index (κ1) is 17.9. The molecule has 3 rings (SSSR count). The van der Waals surface area contributed by atoms with Crippen molar-refractivity contribution in [2.24, 2.45) is 5.92 Å². The Hall–Kier alpha value is -1.88. The van der Waals surface area contributed by atoms with E-state index in [-0.39, 0.29) is 12.0 Å². The van der Waals surface area contributed by atoms with Gasteiger partial charge in [-0.2, -0.15) is 0 Å². The Morgan fingerprint density at radius 3 is 3.00 bits per heavy atom. The molecule has 0 radical (unpaired) electrons. The van der Waals surface area contributed by atoms with E-state index < -0.39 is 0 Å². The quantitative estimate of drug-likeness (QED) is 0.827. The average molecular weight is 343 g/mol. The van der Waals surface area contributed by atoms with E-state index in [4.69, 9.17) is 4.74 Å². The van der Waals surface area contributed by atoms with Crippen LogP contribution in [0.1, 0.15) is 44.6 Å². The predicted octanol–water partition coefficient (Wildman–Crippen LogP) is 2.87. The fraction of sp³-hybridized carbons (Fsp3) is 0.600. The summed E-state index contributed by atoms with van der Waals surface area (Å²) in [6.45, 7) is 3.67. The summed E-state index contributed by atoms with van der Waals surface area (Å²) in [7, 11) is 1.97. The normalized spacial score (nSPS) is 22.2. The summed E-state index contributed by atoms with van der Waals surface area (Å²) in [4.78, 5) is 18.6. The average Bonchev–Trinajstić information content (AvgIpc) is 3.02. The predicted molar refractivity (Wildman–Crippen MR) is 99.4 cm³/mol. The van der Waals surface area contributed by atoms with Crippen LogP contribution in [-0.4, -0.2) is 48.1 Å². The first-order valence-electron chi connectivity index (χ1n) is 9.40. The summed E-state index contributed by atoms with van der Waals surface area (Å²) in [5, 5.41) is 3.22. The molecule has 0 spiro atoms. The Morgan fingerprint density at radius 1 is 1.44 bits per heavy atom. The first-order chi connectivity index (χ1) is 12.2. The smallest absolute Gasteiger partial charge is 0.225 e. The molecule has 1 saturated heterocycles. The summed E-state index contributed by atoms with van der Waals surface area (Å²) in [6.07, 6.45) is 13.1. The number of amides is 1. The highest BCUT2D eigenvalue weighted by molar-refractivity contribution is 5.79. The van der Waals surface area contributed by atoms with Crippen LogP contribution < -0.4 is 10.1 Å². The van der Waals surface area contributed by atoms with E-state index in [0.717, 1.165) is 43.5 Å². The number of hydrogen-bond acceptors (Lipinski definition) is 4. The Bertz CT molecular complexity index is 613. The minimum atomic E-state index is 0.0781. The van der Waals surface area contributed by atoms with Crippen LogP contribution in [0.5, 0.6) is 5.75 Å². The van der Waals surface area contributed by atoms with E-state index in [1.165, 1.54) is 6.42 Å². The minimum Gasteiger partial charge on any atom is -0.487 e. The zero-order valence-electron chi connectivity index (χ0n) is 15.3. The molecule has 2 heterocycles. The van der Waals surface area contributed by atoms with Crippen molar-refractivity contribution >= 4 is 12.0 Å². The fourth-order valence-corrected chi connectivity index (χ4v) is 3.25. The largest absolute Gasteiger partial charge is 0.487 e. The SMILES string of the molecule is CN[C@@H](C)CC=Cc1cncc(O[C@@H]2CCN(C(=O)C3CCC3)C2)c1. The molecule has 0 unspecified atom stereocenters. The number of likely N-dealkylation sites (tertiary alicyclic amines) is 1. The van der Waals surface area contributed by atoms with Gasteiger partial charge in [-0.3, -0.25) is 9.78 Å². The molecule has 2 atom stereocenters. The number of aromatic nitrogens is 1. The van der Waals surface area contributed by atoms with E-state index in [1.807, 2.05) is 24.2 Å². The van der Waals surface area contributed by atoms with Crippen LogP contribution in [0.2, 0.25) is 0 Å².